The summed E-state index contributed by atoms with van der Waals surface area (Å²) in [4.78, 5) is 13.3. The number of nitrogens with zero attached hydrogens (tertiary/aromatic N) is 1. The van der Waals surface area contributed by atoms with E-state index < -0.39 is 5.97 Å². The maximum Gasteiger partial charge on any atom is 0.337 e. The molecule has 1 aliphatic rings. The predicted molar refractivity (Wildman–Crippen MR) is 74.2 cm³/mol. The maximum absolute atomic E-state index is 11.0. The van der Waals surface area contributed by atoms with Gasteiger partial charge in [0.05, 0.1) is 23.8 Å². The molecule has 0 spiro atoms. The van der Waals surface area contributed by atoms with Gasteiger partial charge in [-0.15, -0.1) is 0 Å². The van der Waals surface area contributed by atoms with Crippen LogP contribution in [0.2, 0.25) is 5.02 Å². The fourth-order valence-corrected chi connectivity index (χ4v) is 2.18. The van der Waals surface area contributed by atoms with Gasteiger partial charge < -0.3 is 15.2 Å². The van der Waals surface area contributed by atoms with E-state index in [0.29, 0.717) is 0 Å². The van der Waals surface area contributed by atoms with E-state index in [1.807, 2.05) is 0 Å². The second-order valence-corrected chi connectivity index (χ2v) is 4.79. The van der Waals surface area contributed by atoms with Gasteiger partial charge in [-0.05, 0) is 18.2 Å². The smallest absolute Gasteiger partial charge is 0.337 e. The molecule has 1 heterocycles. The van der Waals surface area contributed by atoms with E-state index >= 15 is 0 Å². The van der Waals surface area contributed by atoms with E-state index in [1.54, 1.807) is 18.2 Å². The first kappa shape index (κ1) is 14.1. The Morgan fingerprint density at radius 3 is 2.84 bits per heavy atom. The van der Waals surface area contributed by atoms with E-state index in [4.69, 9.17) is 21.4 Å². The van der Waals surface area contributed by atoms with Crippen molar-refractivity contribution in [2.75, 3.05) is 44.7 Å². The highest BCUT2D eigenvalue weighted by Gasteiger charge is 2.11. The highest BCUT2D eigenvalue weighted by Crippen LogP contribution is 2.20. The summed E-state index contributed by atoms with van der Waals surface area (Å²) in [5, 5.41) is 12.5. The second-order valence-electron chi connectivity index (χ2n) is 4.38. The number of hydrogen-bond acceptors (Lipinski definition) is 4. The Labute approximate surface area is 117 Å². The molecule has 6 heteroatoms. The van der Waals surface area contributed by atoms with Crippen LogP contribution in [0, 0.1) is 0 Å². The highest BCUT2D eigenvalue weighted by atomic mass is 35.5. The largest absolute Gasteiger partial charge is 0.478 e. The summed E-state index contributed by atoms with van der Waals surface area (Å²) >= 11 is 5.82. The summed E-state index contributed by atoms with van der Waals surface area (Å²) in [6, 6.07) is 4.94. The zero-order chi connectivity index (χ0) is 13.7. The van der Waals surface area contributed by atoms with E-state index in [0.717, 1.165) is 45.1 Å². The number of rotatable bonds is 5. The van der Waals surface area contributed by atoms with Gasteiger partial charge in [0.2, 0.25) is 0 Å². The summed E-state index contributed by atoms with van der Waals surface area (Å²) in [6.45, 7) is 5.13. The van der Waals surface area contributed by atoms with Crippen LogP contribution in [0.5, 0.6) is 0 Å². The Hall–Kier alpha value is -1.30. The Balaban J connectivity index is 1.85. The molecule has 0 amide bonds. The van der Waals surface area contributed by atoms with Gasteiger partial charge >= 0.3 is 5.97 Å². The standard InChI is InChI=1S/C13H17ClN2O3/c14-12-2-1-10(9-11(12)13(17)18)15-3-4-16-5-7-19-8-6-16/h1-2,9,15H,3-8H2,(H,17,18). The Kier molecular flexibility index (Phi) is 5.01. The maximum atomic E-state index is 11.0. The normalized spacial score (nSPS) is 16.3. The lowest BCUT2D eigenvalue weighted by Crippen LogP contribution is -2.39. The molecule has 1 fully saturated rings. The lowest BCUT2D eigenvalue weighted by molar-refractivity contribution is 0.0398. The van der Waals surface area contributed by atoms with Crippen LogP contribution in [0.3, 0.4) is 0 Å². The van der Waals surface area contributed by atoms with Crippen molar-refractivity contribution < 1.29 is 14.6 Å². The first-order valence-corrected chi connectivity index (χ1v) is 6.61. The molecule has 0 aromatic heterocycles. The molecule has 1 saturated heterocycles. The van der Waals surface area contributed by atoms with Gasteiger partial charge in [-0.2, -0.15) is 0 Å². The van der Waals surface area contributed by atoms with Gasteiger partial charge in [-0.1, -0.05) is 11.6 Å². The number of ether oxygens (including phenoxy) is 1. The average molecular weight is 285 g/mol. The van der Waals surface area contributed by atoms with Crippen LogP contribution >= 0.6 is 11.6 Å². The van der Waals surface area contributed by atoms with Crippen molar-refractivity contribution in [3.63, 3.8) is 0 Å². The number of morpholine rings is 1. The van der Waals surface area contributed by atoms with Crippen LogP contribution in [-0.4, -0.2) is 55.4 Å². The SMILES string of the molecule is O=C(O)c1cc(NCCN2CCOCC2)ccc1Cl. The number of halogens is 1. The molecular formula is C13H17ClN2O3. The summed E-state index contributed by atoms with van der Waals surface area (Å²) in [6.07, 6.45) is 0. The summed E-state index contributed by atoms with van der Waals surface area (Å²) < 4.78 is 5.28. The Morgan fingerprint density at radius 1 is 1.42 bits per heavy atom. The van der Waals surface area contributed by atoms with Crippen molar-refractivity contribution in [3.8, 4) is 0 Å². The van der Waals surface area contributed by atoms with Crippen molar-refractivity contribution in [2.24, 2.45) is 0 Å². The minimum absolute atomic E-state index is 0.123. The fourth-order valence-electron chi connectivity index (χ4n) is 1.98. The van der Waals surface area contributed by atoms with Crippen molar-refractivity contribution in [1.82, 2.24) is 4.90 Å². The topological polar surface area (TPSA) is 61.8 Å². The molecule has 0 radical (unpaired) electrons. The van der Waals surface area contributed by atoms with Gasteiger partial charge in [-0.25, -0.2) is 4.79 Å². The number of carbonyl (C=O) groups is 1. The molecule has 19 heavy (non-hydrogen) atoms. The molecule has 5 nitrogen and oxygen atoms in total. The number of carboxylic acids is 1. The molecule has 0 bridgehead atoms. The van der Waals surface area contributed by atoms with E-state index in [1.165, 1.54) is 0 Å². The van der Waals surface area contributed by atoms with Gasteiger partial charge in [0.25, 0.3) is 0 Å². The Bertz CT molecular complexity index is 448. The molecule has 104 valence electrons. The third-order valence-corrected chi connectivity index (χ3v) is 3.39. The van der Waals surface area contributed by atoms with E-state index in [-0.39, 0.29) is 10.6 Å². The van der Waals surface area contributed by atoms with Gasteiger partial charge in [-0.3, -0.25) is 4.90 Å². The number of carboxylic acid groups (broad SMARTS) is 1. The van der Waals surface area contributed by atoms with Crippen LogP contribution in [0.1, 0.15) is 10.4 Å². The van der Waals surface area contributed by atoms with Crippen LogP contribution in [0.4, 0.5) is 5.69 Å². The summed E-state index contributed by atoms with van der Waals surface area (Å²) in [5.41, 5.74) is 0.896. The number of aromatic carboxylic acids is 1. The molecule has 1 aliphatic heterocycles. The monoisotopic (exact) mass is 284 g/mol. The molecule has 0 aliphatic carbocycles. The van der Waals surface area contributed by atoms with Crippen LogP contribution in [0.25, 0.3) is 0 Å². The lowest BCUT2D eigenvalue weighted by atomic mass is 10.2. The molecule has 2 rings (SSSR count). The number of hydrogen-bond donors (Lipinski definition) is 2. The fraction of sp³-hybridized carbons (Fsp3) is 0.462. The van der Waals surface area contributed by atoms with Crippen molar-refractivity contribution in [1.29, 1.82) is 0 Å². The van der Waals surface area contributed by atoms with Crippen LogP contribution in [-0.2, 0) is 4.74 Å². The average Bonchev–Trinajstić information content (AvgIpc) is 2.41. The molecule has 2 N–H and O–H groups in total. The van der Waals surface area contributed by atoms with Crippen LogP contribution < -0.4 is 5.32 Å². The van der Waals surface area contributed by atoms with Gasteiger partial charge in [0, 0.05) is 31.9 Å². The molecule has 0 unspecified atom stereocenters. The van der Waals surface area contributed by atoms with Crippen LogP contribution in [0.15, 0.2) is 18.2 Å². The van der Waals surface area contributed by atoms with Gasteiger partial charge in [0.15, 0.2) is 0 Å². The first-order chi connectivity index (χ1) is 9.16. The van der Waals surface area contributed by atoms with Crippen molar-refractivity contribution in [3.05, 3.63) is 28.8 Å². The minimum atomic E-state index is -1.01. The first-order valence-electron chi connectivity index (χ1n) is 6.23. The van der Waals surface area contributed by atoms with Gasteiger partial charge in [0.1, 0.15) is 0 Å². The predicted octanol–water partition coefficient (Wildman–Crippen LogP) is 1.78. The molecule has 0 atom stereocenters. The molecule has 0 saturated carbocycles. The Morgan fingerprint density at radius 2 is 2.16 bits per heavy atom. The molecule has 1 aromatic rings. The number of anilines is 1. The minimum Gasteiger partial charge on any atom is -0.478 e. The zero-order valence-corrected chi connectivity index (χ0v) is 11.3. The summed E-state index contributed by atoms with van der Waals surface area (Å²) in [7, 11) is 0. The number of nitrogens with one attached hydrogen (secondary N) is 1. The van der Waals surface area contributed by atoms with Crippen molar-refractivity contribution >= 4 is 23.3 Å². The summed E-state index contributed by atoms with van der Waals surface area (Å²) in [5.74, 6) is -1.01. The quantitative estimate of drug-likeness (QED) is 0.863. The second kappa shape index (κ2) is 6.75. The van der Waals surface area contributed by atoms with E-state index in [2.05, 4.69) is 10.2 Å². The molecule has 1 aromatic carbocycles. The highest BCUT2D eigenvalue weighted by molar-refractivity contribution is 6.33. The van der Waals surface area contributed by atoms with E-state index in [9.17, 15) is 4.79 Å². The van der Waals surface area contributed by atoms with Crippen molar-refractivity contribution in [2.45, 2.75) is 0 Å². The third kappa shape index (κ3) is 4.09. The number of benzene rings is 1. The zero-order valence-electron chi connectivity index (χ0n) is 10.6. The lowest BCUT2D eigenvalue weighted by Gasteiger charge is -2.26. The third-order valence-electron chi connectivity index (χ3n) is 3.06. The molecular weight excluding hydrogens is 268 g/mol.